The molecule has 1 atom stereocenters. The Morgan fingerprint density at radius 3 is 1.04 bits per heavy atom. The van der Waals surface area contributed by atoms with E-state index in [0.29, 0.717) is 19.3 Å². The van der Waals surface area contributed by atoms with E-state index in [1.54, 1.807) is 0 Å². The zero-order valence-electron chi connectivity index (χ0n) is 35.3. The number of hydrogen-bond donors (Lipinski definition) is 0. The molecule has 0 bridgehead atoms. The van der Waals surface area contributed by atoms with E-state index in [2.05, 4.69) is 45.1 Å². The van der Waals surface area contributed by atoms with E-state index in [0.717, 1.165) is 64.2 Å². The van der Waals surface area contributed by atoms with Gasteiger partial charge in [0.1, 0.15) is 13.2 Å². The molecule has 0 aromatic carbocycles. The lowest BCUT2D eigenvalue weighted by molar-refractivity contribution is -0.167. The molecule has 0 rings (SSSR count). The Morgan fingerprint density at radius 2 is 0.642 bits per heavy atom. The van der Waals surface area contributed by atoms with Crippen LogP contribution in [0.1, 0.15) is 239 Å². The molecule has 0 aliphatic rings. The molecule has 0 heterocycles. The fraction of sp³-hybridized carbons (Fsp3) is 0.851. The number of allylic oxidation sites excluding steroid dienone is 4. The Hall–Kier alpha value is -2.11. The Bertz CT molecular complexity index is 865. The van der Waals surface area contributed by atoms with Gasteiger partial charge >= 0.3 is 17.9 Å². The van der Waals surface area contributed by atoms with Crippen LogP contribution in [-0.4, -0.2) is 37.2 Å². The third kappa shape index (κ3) is 40.9. The lowest BCUT2D eigenvalue weighted by Gasteiger charge is -2.18. The zero-order chi connectivity index (χ0) is 38.7. The Kier molecular flexibility index (Phi) is 40.9. The van der Waals surface area contributed by atoms with Crippen LogP contribution in [0.5, 0.6) is 0 Å². The average molecular weight is 747 g/mol. The predicted molar refractivity (Wildman–Crippen MR) is 224 cm³/mol. The van der Waals surface area contributed by atoms with Gasteiger partial charge in [-0.05, 0) is 64.2 Å². The fourth-order valence-electron chi connectivity index (χ4n) is 6.44. The van der Waals surface area contributed by atoms with Crippen molar-refractivity contribution >= 4 is 17.9 Å². The van der Waals surface area contributed by atoms with Gasteiger partial charge in [-0.3, -0.25) is 14.4 Å². The summed E-state index contributed by atoms with van der Waals surface area (Å²) in [4.78, 5) is 37.6. The van der Waals surface area contributed by atoms with E-state index in [1.165, 1.54) is 135 Å². The van der Waals surface area contributed by atoms with E-state index < -0.39 is 6.10 Å². The number of carbonyl (C=O) groups is 3. The molecule has 0 radical (unpaired) electrons. The molecule has 0 fully saturated rings. The van der Waals surface area contributed by atoms with E-state index in [4.69, 9.17) is 14.2 Å². The molecule has 0 aliphatic heterocycles. The summed E-state index contributed by atoms with van der Waals surface area (Å²) in [6.07, 6.45) is 46.0. The summed E-state index contributed by atoms with van der Waals surface area (Å²) in [5.41, 5.74) is 0. The van der Waals surface area contributed by atoms with Crippen molar-refractivity contribution in [3.63, 3.8) is 0 Å². The van der Waals surface area contributed by atoms with Crippen molar-refractivity contribution in [1.82, 2.24) is 0 Å². The summed E-state index contributed by atoms with van der Waals surface area (Å²) in [5, 5.41) is 0. The Morgan fingerprint density at radius 1 is 0.358 bits per heavy atom. The highest BCUT2D eigenvalue weighted by Gasteiger charge is 2.19. The first-order valence-electron chi connectivity index (χ1n) is 22.8. The van der Waals surface area contributed by atoms with Crippen LogP contribution in [-0.2, 0) is 28.6 Å². The van der Waals surface area contributed by atoms with E-state index >= 15 is 0 Å². The summed E-state index contributed by atoms with van der Waals surface area (Å²) < 4.78 is 16.6. The van der Waals surface area contributed by atoms with Gasteiger partial charge in [-0.25, -0.2) is 0 Å². The molecule has 310 valence electrons. The molecule has 1 unspecified atom stereocenters. The molecule has 0 N–H and O–H groups in total. The van der Waals surface area contributed by atoms with Crippen molar-refractivity contribution in [2.75, 3.05) is 13.2 Å². The molecule has 0 aromatic rings. The summed E-state index contributed by atoms with van der Waals surface area (Å²) in [6.45, 7) is 6.56. The minimum atomic E-state index is -0.777. The van der Waals surface area contributed by atoms with Gasteiger partial charge in [0.2, 0.25) is 0 Å². The summed E-state index contributed by atoms with van der Waals surface area (Å²) in [7, 11) is 0. The van der Waals surface area contributed by atoms with Gasteiger partial charge in [0, 0.05) is 19.3 Å². The van der Waals surface area contributed by atoms with Crippen LogP contribution in [0, 0.1) is 0 Å². The number of rotatable bonds is 41. The van der Waals surface area contributed by atoms with Crippen molar-refractivity contribution in [3.05, 3.63) is 24.3 Å². The quantitative estimate of drug-likeness (QED) is 0.0268. The van der Waals surface area contributed by atoms with Crippen LogP contribution in [0.3, 0.4) is 0 Å². The first-order valence-corrected chi connectivity index (χ1v) is 22.8. The number of unbranched alkanes of at least 4 members (excludes halogenated alkanes) is 26. The monoisotopic (exact) mass is 747 g/mol. The predicted octanol–water partition coefficient (Wildman–Crippen LogP) is 14.4. The molecule has 0 aliphatic carbocycles. The summed E-state index contributed by atoms with van der Waals surface area (Å²) >= 11 is 0. The second-order valence-corrected chi connectivity index (χ2v) is 15.3. The minimum absolute atomic E-state index is 0.0815. The van der Waals surface area contributed by atoms with Gasteiger partial charge in [0.25, 0.3) is 0 Å². The molecule has 0 spiro atoms. The first kappa shape index (κ1) is 50.9. The van der Waals surface area contributed by atoms with Crippen LogP contribution in [0.15, 0.2) is 24.3 Å². The molecular weight excluding hydrogens is 661 g/mol. The molecule has 0 amide bonds. The second-order valence-electron chi connectivity index (χ2n) is 15.3. The first-order chi connectivity index (χ1) is 26.0. The Balaban J connectivity index is 4.33. The van der Waals surface area contributed by atoms with Gasteiger partial charge < -0.3 is 14.2 Å². The standard InChI is InChI=1S/C47H86O6/c1-4-7-10-13-16-19-21-22-23-24-25-26-29-31-34-37-40-46(49)52-43-44(42-51-45(48)39-36-33-30-27-18-15-12-9-6-3)53-47(50)41-38-35-32-28-20-17-14-11-8-5-2/h23-24,27,30,44H,4-22,25-26,28-29,31-43H2,1-3H3/b24-23-,30-27-. The molecule has 53 heavy (non-hydrogen) atoms. The fourth-order valence-corrected chi connectivity index (χ4v) is 6.44. The lowest BCUT2D eigenvalue weighted by atomic mass is 10.1. The number of hydrogen-bond acceptors (Lipinski definition) is 6. The molecular formula is C47H86O6. The van der Waals surface area contributed by atoms with Crippen LogP contribution < -0.4 is 0 Å². The molecule has 0 saturated carbocycles. The van der Waals surface area contributed by atoms with Crippen molar-refractivity contribution < 1.29 is 28.6 Å². The highest BCUT2D eigenvalue weighted by Crippen LogP contribution is 2.14. The number of ether oxygens (including phenoxy) is 3. The third-order valence-electron chi connectivity index (χ3n) is 9.93. The maximum atomic E-state index is 12.7. The second kappa shape index (κ2) is 42.6. The van der Waals surface area contributed by atoms with Crippen LogP contribution in [0.25, 0.3) is 0 Å². The molecule has 6 nitrogen and oxygen atoms in total. The maximum Gasteiger partial charge on any atom is 0.306 e. The Labute approximate surface area is 328 Å². The molecule has 6 heteroatoms. The van der Waals surface area contributed by atoms with E-state index in [9.17, 15) is 14.4 Å². The third-order valence-corrected chi connectivity index (χ3v) is 9.93. The summed E-state index contributed by atoms with van der Waals surface area (Å²) in [5.74, 6) is -0.924. The number of carbonyl (C=O) groups excluding carboxylic acids is 3. The van der Waals surface area contributed by atoms with Crippen molar-refractivity contribution in [1.29, 1.82) is 0 Å². The van der Waals surface area contributed by atoms with Gasteiger partial charge in [-0.15, -0.1) is 0 Å². The molecule has 0 saturated heterocycles. The topological polar surface area (TPSA) is 78.9 Å². The minimum Gasteiger partial charge on any atom is -0.462 e. The smallest absolute Gasteiger partial charge is 0.306 e. The van der Waals surface area contributed by atoms with Gasteiger partial charge in [0.15, 0.2) is 6.10 Å². The van der Waals surface area contributed by atoms with Gasteiger partial charge in [-0.1, -0.05) is 180 Å². The average Bonchev–Trinajstić information content (AvgIpc) is 3.15. The number of esters is 3. The summed E-state index contributed by atoms with van der Waals surface area (Å²) in [6, 6.07) is 0. The normalized spacial score (nSPS) is 12.1. The highest BCUT2D eigenvalue weighted by atomic mass is 16.6. The van der Waals surface area contributed by atoms with E-state index in [-0.39, 0.29) is 31.1 Å². The van der Waals surface area contributed by atoms with Crippen LogP contribution in [0.4, 0.5) is 0 Å². The molecule has 0 aromatic heterocycles. The lowest BCUT2D eigenvalue weighted by Crippen LogP contribution is -2.30. The SMILES string of the molecule is CCCCCC/C=C\CCCC(=O)OCC(COC(=O)CCCCCCC/C=C\CCCCCCCCC)OC(=O)CCCCCCCCCCCC. The van der Waals surface area contributed by atoms with Crippen LogP contribution >= 0.6 is 0 Å². The maximum absolute atomic E-state index is 12.7. The van der Waals surface area contributed by atoms with Crippen molar-refractivity contribution in [2.24, 2.45) is 0 Å². The van der Waals surface area contributed by atoms with Gasteiger partial charge in [-0.2, -0.15) is 0 Å². The zero-order valence-corrected chi connectivity index (χ0v) is 35.3. The van der Waals surface area contributed by atoms with Gasteiger partial charge in [0.05, 0.1) is 0 Å². The van der Waals surface area contributed by atoms with Crippen molar-refractivity contribution in [2.45, 2.75) is 245 Å². The van der Waals surface area contributed by atoms with E-state index in [1.807, 2.05) is 0 Å². The highest BCUT2D eigenvalue weighted by molar-refractivity contribution is 5.71. The van der Waals surface area contributed by atoms with Crippen LogP contribution in [0.2, 0.25) is 0 Å². The van der Waals surface area contributed by atoms with Crippen molar-refractivity contribution in [3.8, 4) is 0 Å². The largest absolute Gasteiger partial charge is 0.462 e.